The number of nitrogens with zero attached hydrogens (tertiary/aromatic N) is 4. The first-order valence-electron chi connectivity index (χ1n) is 16.4. The van der Waals surface area contributed by atoms with Crippen LogP contribution in [0, 0.1) is 0 Å². The number of amides is 1. The summed E-state index contributed by atoms with van der Waals surface area (Å²) in [6.07, 6.45) is -2.11. The SMILES string of the molecule is [2H]c1c(OC([2H])([2H])[2H])c(OC([2H])([2H])[2H])c([2H])c2c(N)nc(N3CC([2H])([2H])N(C(=O)C4Oc5ccccc5OC4([2H])[2H])C([2H])([2H])C3)nc12. The van der Waals surface area contributed by atoms with Crippen LogP contribution in [-0.4, -0.2) is 73.6 Å². The number of piperazine rings is 1. The molecule has 1 fully saturated rings. The van der Waals surface area contributed by atoms with Crippen molar-refractivity contribution in [1.82, 2.24) is 14.9 Å². The highest BCUT2D eigenvalue weighted by Gasteiger charge is 2.33. The van der Waals surface area contributed by atoms with Gasteiger partial charge in [-0.25, -0.2) is 4.98 Å². The van der Waals surface area contributed by atoms with Crippen molar-refractivity contribution >= 4 is 28.6 Å². The van der Waals surface area contributed by atoms with E-state index in [-0.39, 0.29) is 16.4 Å². The summed E-state index contributed by atoms with van der Waals surface area (Å²) >= 11 is 0. The predicted molar refractivity (Wildman–Crippen MR) is 122 cm³/mol. The molecule has 33 heavy (non-hydrogen) atoms. The zero-order valence-corrected chi connectivity index (χ0v) is 16.7. The molecule has 10 heteroatoms. The summed E-state index contributed by atoms with van der Waals surface area (Å²) in [5.74, 6) is -4.43. The Morgan fingerprint density at radius 1 is 1.18 bits per heavy atom. The second-order valence-electron chi connectivity index (χ2n) is 6.76. The molecule has 172 valence electrons. The Bertz CT molecular complexity index is 1730. The largest absolute Gasteiger partial charge is 0.493 e. The number of para-hydroxylation sites is 2. The molecule has 1 amide bonds. The van der Waals surface area contributed by atoms with Gasteiger partial charge in [-0.05, 0) is 18.2 Å². The highest BCUT2D eigenvalue weighted by Crippen LogP contribution is 2.34. The fourth-order valence-electron chi connectivity index (χ4n) is 3.14. The Labute approximate surface area is 210 Å². The number of nitrogen functional groups attached to an aromatic ring is 1. The van der Waals surface area contributed by atoms with Crippen molar-refractivity contribution in [2.45, 2.75) is 6.10 Å². The fourth-order valence-corrected chi connectivity index (χ4v) is 3.14. The summed E-state index contributed by atoms with van der Waals surface area (Å²) in [6.45, 7) is -10.2. The fraction of sp³-hybridized carbons (Fsp3) is 0.348. The van der Waals surface area contributed by atoms with Crippen LogP contribution in [0.2, 0.25) is 0 Å². The van der Waals surface area contributed by atoms with E-state index in [0.717, 1.165) is 4.90 Å². The number of aromatic nitrogens is 2. The molecule has 0 saturated carbocycles. The molecular weight excluding hydrogens is 426 g/mol. The summed E-state index contributed by atoms with van der Waals surface area (Å²) in [4.78, 5) is 22.9. The highest BCUT2D eigenvalue weighted by atomic mass is 16.6. The summed E-state index contributed by atoms with van der Waals surface area (Å²) in [7, 11) is -6.44. The van der Waals surface area contributed by atoms with Crippen LogP contribution in [0.5, 0.6) is 23.0 Å². The molecule has 1 aromatic heterocycles. The van der Waals surface area contributed by atoms with E-state index in [0.29, 0.717) is 0 Å². The van der Waals surface area contributed by atoms with E-state index in [9.17, 15) is 4.79 Å². The molecule has 0 bridgehead atoms. The lowest BCUT2D eigenvalue weighted by Gasteiger charge is -2.37. The number of nitrogens with two attached hydrogens (primary N) is 1. The first kappa shape index (κ1) is 10.3. The Hall–Kier alpha value is -3.95. The number of anilines is 2. The maximum Gasteiger partial charge on any atom is 0.267 e. The molecule has 1 saturated heterocycles. The average molecular weight is 466 g/mol. The van der Waals surface area contributed by atoms with Gasteiger partial charge in [0.15, 0.2) is 23.0 Å². The van der Waals surface area contributed by atoms with Gasteiger partial charge in [0.05, 0.1) is 38.8 Å². The van der Waals surface area contributed by atoms with Gasteiger partial charge in [0.1, 0.15) is 12.4 Å². The van der Waals surface area contributed by atoms with E-state index in [1.807, 2.05) is 0 Å². The number of benzene rings is 2. The van der Waals surface area contributed by atoms with Crippen molar-refractivity contribution in [3.05, 3.63) is 36.4 Å². The van der Waals surface area contributed by atoms with Crippen LogP contribution in [0.4, 0.5) is 11.8 Å². The summed E-state index contributed by atoms with van der Waals surface area (Å²) in [5.41, 5.74) is 5.53. The molecule has 0 aliphatic carbocycles. The average Bonchev–Trinajstić information content (AvgIpc) is 2.89. The maximum absolute atomic E-state index is 13.6. The Morgan fingerprint density at radius 3 is 2.67 bits per heavy atom. The minimum absolute atomic E-state index is 0.0162. The van der Waals surface area contributed by atoms with Gasteiger partial charge in [-0.2, -0.15) is 4.98 Å². The zero-order chi connectivity index (χ0) is 35.1. The number of rotatable bonds is 4. The number of hydrogen-bond acceptors (Lipinski definition) is 9. The molecule has 0 spiro atoms. The molecule has 1 atom stereocenters. The lowest BCUT2D eigenvalue weighted by atomic mass is 10.2. The normalized spacial score (nSPS) is 29.3. The first-order chi connectivity index (χ1) is 21.4. The molecule has 0 radical (unpaired) electrons. The molecule has 2 aromatic carbocycles. The van der Waals surface area contributed by atoms with Crippen LogP contribution in [-0.2, 0) is 4.79 Å². The standard InChI is InChI=1S/C23H25N5O5/c1-30-18-11-14-15(12-19(18)31-2)25-23(26-21(14)24)28-9-7-27(8-10-28)22(29)20-13-32-16-5-3-4-6-17(16)33-20/h3-6,11-12,20H,7-10,13H2,1-2H3,(H2,24,25,26)/i1D3,2D3,7D2,8D2,11D,12D,13D2. The molecule has 5 rings (SSSR count). The third-order valence-corrected chi connectivity index (χ3v) is 4.74. The molecule has 1 unspecified atom stereocenters. The number of hydrogen-bond donors (Lipinski definition) is 1. The van der Waals surface area contributed by atoms with Crippen LogP contribution in [0.25, 0.3) is 10.9 Å². The van der Waals surface area contributed by atoms with Crippen molar-refractivity contribution in [3.8, 4) is 23.0 Å². The second kappa shape index (κ2) is 8.53. The number of fused-ring (bicyclic) bond motifs is 2. The summed E-state index contributed by atoms with van der Waals surface area (Å²) < 4.78 is 133. The highest BCUT2D eigenvalue weighted by molar-refractivity contribution is 5.91. The van der Waals surface area contributed by atoms with Gasteiger partial charge in [0.25, 0.3) is 5.91 Å². The summed E-state index contributed by atoms with van der Waals surface area (Å²) in [5, 5.41) is -0.437. The van der Waals surface area contributed by atoms with E-state index in [1.165, 1.54) is 24.3 Å². The Kier molecular flexibility index (Phi) is 2.67. The topological polar surface area (TPSA) is 112 Å². The van der Waals surface area contributed by atoms with Crippen LogP contribution in [0.1, 0.15) is 19.2 Å². The van der Waals surface area contributed by atoms with Crippen LogP contribution >= 0.6 is 0 Å². The minimum Gasteiger partial charge on any atom is -0.493 e. The third kappa shape index (κ3) is 3.88. The second-order valence-corrected chi connectivity index (χ2v) is 6.76. The smallest absolute Gasteiger partial charge is 0.267 e. The molecule has 3 aromatic rings. The molecular formula is C23H25N5O5. The third-order valence-electron chi connectivity index (χ3n) is 4.74. The van der Waals surface area contributed by atoms with Gasteiger partial charge < -0.3 is 34.5 Å². The lowest BCUT2D eigenvalue weighted by molar-refractivity contribution is -0.141. The van der Waals surface area contributed by atoms with E-state index in [2.05, 4.69) is 9.97 Å². The molecule has 2 aliphatic rings. The van der Waals surface area contributed by atoms with E-state index < -0.39 is 105 Å². The van der Waals surface area contributed by atoms with Crippen molar-refractivity contribution in [1.29, 1.82) is 0 Å². The van der Waals surface area contributed by atoms with E-state index in [4.69, 9.17) is 43.9 Å². The number of ether oxygens (including phenoxy) is 4. The number of methoxy groups -OCH3 is 2. The van der Waals surface area contributed by atoms with Crippen molar-refractivity contribution < 1.29 is 42.9 Å². The lowest BCUT2D eigenvalue weighted by Crippen LogP contribution is -2.54. The van der Waals surface area contributed by atoms with Gasteiger partial charge in [-0.15, -0.1) is 0 Å². The van der Waals surface area contributed by atoms with E-state index >= 15 is 0 Å². The quantitative estimate of drug-likeness (QED) is 0.615. The summed E-state index contributed by atoms with van der Waals surface area (Å²) in [6, 6.07) is 4.15. The minimum atomic E-state index is -3.23. The van der Waals surface area contributed by atoms with Crippen LogP contribution in [0.15, 0.2) is 36.4 Å². The van der Waals surface area contributed by atoms with E-state index in [1.54, 1.807) is 0 Å². The zero-order valence-electron chi connectivity index (χ0n) is 30.7. The first-order valence-corrected chi connectivity index (χ1v) is 9.44. The van der Waals surface area contributed by atoms with Gasteiger partial charge in [-0.3, -0.25) is 4.79 Å². The molecule has 10 nitrogen and oxygen atoms in total. The van der Waals surface area contributed by atoms with Gasteiger partial charge >= 0.3 is 0 Å². The van der Waals surface area contributed by atoms with Crippen LogP contribution < -0.4 is 29.6 Å². The predicted octanol–water partition coefficient (Wildman–Crippen LogP) is 1.72. The number of carbonyl (C=O) groups excluding carboxylic acids is 1. The molecule has 2 N–H and O–H groups in total. The molecule has 2 aliphatic heterocycles. The Morgan fingerprint density at radius 2 is 1.91 bits per heavy atom. The van der Waals surface area contributed by atoms with Crippen molar-refractivity contribution in [3.63, 3.8) is 0 Å². The number of carbonyl (C=O) groups is 1. The van der Waals surface area contributed by atoms with Crippen molar-refractivity contribution in [2.75, 3.05) is 57.4 Å². The van der Waals surface area contributed by atoms with Crippen LogP contribution in [0.3, 0.4) is 0 Å². The van der Waals surface area contributed by atoms with Gasteiger partial charge in [0.2, 0.25) is 12.1 Å². The maximum atomic E-state index is 13.6. The monoisotopic (exact) mass is 465 g/mol. The van der Waals surface area contributed by atoms with Gasteiger partial charge in [-0.1, -0.05) is 12.1 Å². The van der Waals surface area contributed by atoms with Gasteiger partial charge in [0, 0.05) is 37.5 Å². The molecule has 3 heterocycles. The Balaban J connectivity index is 1.55. The van der Waals surface area contributed by atoms with Crippen molar-refractivity contribution in [2.24, 2.45) is 0 Å².